The Hall–Kier alpha value is -0.940. The van der Waals surface area contributed by atoms with Gasteiger partial charge in [-0.25, -0.2) is 0 Å². The zero-order valence-corrected chi connectivity index (χ0v) is 15.4. The molecular weight excluding hydrogens is 320 g/mol. The third-order valence-corrected chi connectivity index (χ3v) is 8.88. The molecule has 0 radical (unpaired) electrons. The van der Waals surface area contributed by atoms with Crippen LogP contribution in [0.2, 0.25) is 0 Å². The van der Waals surface area contributed by atoms with Crippen molar-refractivity contribution in [2.75, 3.05) is 0 Å². The molecule has 4 fully saturated rings. The topological polar surface area (TPSA) is 94.8 Å². The van der Waals surface area contributed by atoms with E-state index in [1.54, 1.807) is 6.92 Å². The van der Waals surface area contributed by atoms with E-state index in [9.17, 15) is 24.9 Å². The van der Waals surface area contributed by atoms with E-state index in [1.807, 2.05) is 6.92 Å². The van der Waals surface area contributed by atoms with Crippen molar-refractivity contribution in [1.82, 2.24) is 0 Å². The van der Waals surface area contributed by atoms with Gasteiger partial charge in [0.05, 0.1) is 11.5 Å². The molecule has 0 heterocycles. The maximum atomic E-state index is 13.2. The van der Waals surface area contributed by atoms with E-state index in [0.717, 1.165) is 12.8 Å². The summed E-state index contributed by atoms with van der Waals surface area (Å²) in [5.41, 5.74) is -3.20. The molecule has 4 aliphatic rings. The fourth-order valence-corrected chi connectivity index (χ4v) is 7.83. The Morgan fingerprint density at radius 3 is 2.48 bits per heavy atom. The van der Waals surface area contributed by atoms with Gasteiger partial charge in [-0.2, -0.15) is 0 Å². The Bertz CT molecular complexity index is 642. The summed E-state index contributed by atoms with van der Waals surface area (Å²) in [6.45, 7) is 5.56. The largest absolute Gasteiger partial charge is 0.481 e. The zero-order chi connectivity index (χ0) is 18.4. The van der Waals surface area contributed by atoms with Crippen LogP contribution in [0.3, 0.4) is 0 Å². The first-order chi connectivity index (χ1) is 11.5. The molecule has 140 valence electrons. The third kappa shape index (κ3) is 1.86. The van der Waals surface area contributed by atoms with Crippen molar-refractivity contribution in [3.63, 3.8) is 0 Å². The molecule has 0 aromatic carbocycles. The fraction of sp³-hybridized carbons (Fsp3) is 0.900. The molecule has 4 aliphatic carbocycles. The molecule has 1 spiro atoms. The lowest BCUT2D eigenvalue weighted by atomic mass is 9.40. The van der Waals surface area contributed by atoms with E-state index in [-0.39, 0.29) is 29.0 Å². The number of hydrogen-bond donors (Lipinski definition) is 3. The molecule has 4 rings (SSSR count). The molecule has 0 aromatic rings. The molecule has 4 saturated carbocycles. The van der Waals surface area contributed by atoms with Gasteiger partial charge < -0.3 is 15.3 Å². The molecule has 0 aromatic heterocycles. The Kier molecular flexibility index (Phi) is 3.40. The molecule has 0 saturated heterocycles. The van der Waals surface area contributed by atoms with Crippen LogP contribution in [0.15, 0.2) is 0 Å². The summed E-state index contributed by atoms with van der Waals surface area (Å²) >= 11 is 0. The highest BCUT2D eigenvalue weighted by Gasteiger charge is 2.73. The number of carbonyl (C=O) groups excluding carboxylic acids is 1. The number of ketones is 1. The van der Waals surface area contributed by atoms with E-state index >= 15 is 0 Å². The van der Waals surface area contributed by atoms with Gasteiger partial charge in [0.2, 0.25) is 0 Å². The summed E-state index contributed by atoms with van der Waals surface area (Å²) < 4.78 is 0. The minimum atomic E-state index is -1.36. The minimum absolute atomic E-state index is 0.0357. The number of rotatable bonds is 1. The highest BCUT2D eigenvalue weighted by molar-refractivity contribution is 5.96. The second-order valence-electron chi connectivity index (χ2n) is 9.99. The number of carboxylic acid groups (broad SMARTS) is 1. The van der Waals surface area contributed by atoms with Crippen LogP contribution >= 0.6 is 0 Å². The van der Waals surface area contributed by atoms with Crippen molar-refractivity contribution in [3.05, 3.63) is 0 Å². The summed E-state index contributed by atoms with van der Waals surface area (Å²) in [7, 11) is 0. The second-order valence-corrected chi connectivity index (χ2v) is 9.99. The number of aliphatic hydroxyl groups excluding tert-OH is 1. The Labute approximate surface area is 148 Å². The van der Waals surface area contributed by atoms with Gasteiger partial charge in [0, 0.05) is 11.3 Å². The minimum Gasteiger partial charge on any atom is -0.481 e. The first kappa shape index (κ1) is 17.5. The average Bonchev–Trinajstić information content (AvgIpc) is 2.65. The summed E-state index contributed by atoms with van der Waals surface area (Å²) in [6, 6.07) is 0. The predicted molar refractivity (Wildman–Crippen MR) is 90.7 cm³/mol. The quantitative estimate of drug-likeness (QED) is 0.675. The zero-order valence-electron chi connectivity index (χ0n) is 15.4. The van der Waals surface area contributed by atoms with Crippen LogP contribution in [0.5, 0.6) is 0 Å². The van der Waals surface area contributed by atoms with E-state index in [1.165, 1.54) is 0 Å². The van der Waals surface area contributed by atoms with Crippen LogP contribution in [0.4, 0.5) is 0 Å². The number of fused-ring (bicyclic) bond motifs is 3. The monoisotopic (exact) mass is 350 g/mol. The number of aliphatic hydroxyl groups is 2. The van der Waals surface area contributed by atoms with Crippen molar-refractivity contribution in [1.29, 1.82) is 0 Å². The van der Waals surface area contributed by atoms with E-state index < -0.39 is 28.5 Å². The van der Waals surface area contributed by atoms with E-state index in [0.29, 0.717) is 32.1 Å². The normalized spacial score (nSPS) is 57.7. The first-order valence-electron chi connectivity index (χ1n) is 9.69. The SMILES string of the molecule is C[C@@]12CCC[C@@](C)(C(=O)O)[C@H]1CC[C@@]13C[C@@H](C[C@H](O)[C@H]12)[C@](C)(O)C3=O. The lowest BCUT2D eigenvalue weighted by molar-refractivity contribution is -0.199. The third-order valence-electron chi connectivity index (χ3n) is 8.88. The molecule has 0 unspecified atom stereocenters. The lowest BCUT2D eigenvalue weighted by Crippen LogP contribution is -2.63. The summed E-state index contributed by atoms with van der Waals surface area (Å²) in [4.78, 5) is 25.3. The molecule has 2 bridgehead atoms. The number of aliphatic carboxylic acids is 1. The Balaban J connectivity index is 1.83. The fourth-order valence-electron chi connectivity index (χ4n) is 7.83. The summed E-state index contributed by atoms with van der Waals surface area (Å²) in [5, 5.41) is 31.7. The number of hydrogen-bond acceptors (Lipinski definition) is 4. The first-order valence-corrected chi connectivity index (χ1v) is 9.69. The Morgan fingerprint density at radius 1 is 1.16 bits per heavy atom. The molecule has 0 amide bonds. The van der Waals surface area contributed by atoms with Crippen LogP contribution in [0, 0.1) is 34.0 Å². The van der Waals surface area contributed by atoms with Crippen molar-refractivity contribution < 1.29 is 24.9 Å². The number of carbonyl (C=O) groups is 2. The summed E-state index contributed by atoms with van der Waals surface area (Å²) in [5.74, 6) is -1.32. The van der Waals surface area contributed by atoms with E-state index in [4.69, 9.17) is 0 Å². The molecule has 8 atom stereocenters. The van der Waals surface area contributed by atoms with Crippen molar-refractivity contribution in [2.24, 2.45) is 34.0 Å². The second kappa shape index (κ2) is 4.86. The summed E-state index contributed by atoms with van der Waals surface area (Å²) in [6.07, 6.45) is 4.06. The van der Waals surface area contributed by atoms with Gasteiger partial charge in [0.25, 0.3) is 0 Å². The molecule has 0 aliphatic heterocycles. The van der Waals surface area contributed by atoms with Crippen molar-refractivity contribution in [2.45, 2.75) is 77.4 Å². The highest BCUT2D eigenvalue weighted by Crippen LogP contribution is 2.71. The number of Topliss-reactive ketones (excluding diaryl/α,β-unsaturated/α-hetero) is 1. The van der Waals surface area contributed by atoms with Gasteiger partial charge in [-0.05, 0) is 69.6 Å². The van der Waals surface area contributed by atoms with Gasteiger partial charge in [-0.15, -0.1) is 0 Å². The van der Waals surface area contributed by atoms with Crippen LogP contribution in [-0.4, -0.2) is 38.8 Å². The average molecular weight is 350 g/mol. The van der Waals surface area contributed by atoms with Crippen LogP contribution in [0.25, 0.3) is 0 Å². The van der Waals surface area contributed by atoms with Gasteiger partial charge in [-0.3, -0.25) is 9.59 Å². The molecule has 5 nitrogen and oxygen atoms in total. The van der Waals surface area contributed by atoms with Gasteiger partial charge >= 0.3 is 5.97 Å². The van der Waals surface area contributed by atoms with Gasteiger partial charge in [-0.1, -0.05) is 13.3 Å². The van der Waals surface area contributed by atoms with Crippen LogP contribution in [-0.2, 0) is 9.59 Å². The standard InChI is InChI=1S/C20H30O5/c1-17-6-4-7-18(2,16(23)24)13(17)5-8-20-10-11(9-12(21)14(17)20)19(3,25)15(20)22/h11-14,21,25H,4-10H2,1-3H3,(H,23,24)/t11-,12+,13+,14+,17-,18-,19+,20-/m1/s1. The van der Waals surface area contributed by atoms with Gasteiger partial charge in [0.15, 0.2) is 5.78 Å². The molecule has 25 heavy (non-hydrogen) atoms. The molecule has 5 heteroatoms. The number of carboxylic acids is 1. The van der Waals surface area contributed by atoms with Crippen molar-refractivity contribution >= 4 is 11.8 Å². The van der Waals surface area contributed by atoms with Crippen molar-refractivity contribution in [3.8, 4) is 0 Å². The molecule has 3 N–H and O–H groups in total. The highest BCUT2D eigenvalue weighted by atomic mass is 16.4. The maximum absolute atomic E-state index is 13.2. The molecular formula is C20H30O5. The van der Waals surface area contributed by atoms with Gasteiger partial charge in [0.1, 0.15) is 5.60 Å². The smallest absolute Gasteiger partial charge is 0.309 e. The van der Waals surface area contributed by atoms with E-state index in [2.05, 4.69) is 6.92 Å². The van der Waals surface area contributed by atoms with Crippen LogP contribution in [0.1, 0.15) is 65.7 Å². The van der Waals surface area contributed by atoms with Crippen LogP contribution < -0.4 is 0 Å². The maximum Gasteiger partial charge on any atom is 0.309 e. The predicted octanol–water partition coefficient (Wildman–Crippen LogP) is 2.38. The lowest BCUT2D eigenvalue weighted by Gasteiger charge is -2.63. The Morgan fingerprint density at radius 2 is 1.84 bits per heavy atom.